The zero-order chi connectivity index (χ0) is 79.4. The van der Waals surface area contributed by atoms with Crippen molar-refractivity contribution >= 4 is 196 Å². The van der Waals surface area contributed by atoms with Gasteiger partial charge in [-0.3, -0.25) is 38.9 Å². The van der Waals surface area contributed by atoms with Gasteiger partial charge >= 0.3 is 0 Å². The van der Waals surface area contributed by atoms with E-state index >= 15 is 0 Å². The minimum absolute atomic E-state index is 0. The molecule has 0 bridgehead atoms. The Morgan fingerprint density at radius 3 is 1.16 bits per heavy atom. The molecule has 0 radical (unpaired) electrons. The molecule has 6 aliphatic rings. The predicted octanol–water partition coefficient (Wildman–Crippen LogP) is 27.7. The maximum atomic E-state index is 13.9. The van der Waals surface area contributed by atoms with Gasteiger partial charge in [-0.15, -0.1) is 0 Å². The second-order valence-electron chi connectivity index (χ2n) is 28.4. The van der Waals surface area contributed by atoms with Crippen LogP contribution in [-0.4, -0.2) is 92.3 Å². The second-order valence-corrected chi connectivity index (χ2v) is 135. The van der Waals surface area contributed by atoms with Crippen molar-refractivity contribution in [1.29, 1.82) is 0 Å². The van der Waals surface area contributed by atoms with E-state index in [1.165, 1.54) is 37.3 Å². The number of nitrogens with one attached hydrogen (secondary N) is 1. The fourth-order valence-corrected chi connectivity index (χ4v) is 465. The number of rotatable bonds is 11. The summed E-state index contributed by atoms with van der Waals surface area (Å²) in [6.07, 6.45) is 31.1. The SMILES string of the molecule is Cc1ccc(C2=NOC3(CCCCC3)C2=O)cc1-c1cnc(N)cn1.Cc1ccc(C2=NOC3(CCCCC3)C2=O)cc1-c1cnc(NC(=O)c2c(F)cccc2F)cn1.Cc1ccc(C2=NOC3(CCCCC3)C2=O)cc1Br.Cc1cnc(N)cn1.O=C(Cl)c1c(F)cccc1F.[Pd].[pH]1p2p(-p3p4p(-p5p6p(-p7p8[pH]p78)p56)p34)p12. The van der Waals surface area contributed by atoms with Gasteiger partial charge in [-0.2, -0.15) is 0 Å². The number of aromatic nitrogens is 6. The van der Waals surface area contributed by atoms with Crippen molar-refractivity contribution < 1.29 is 76.5 Å². The predicted molar refractivity (Wildman–Crippen MR) is 479 cm³/mol. The monoisotopic (exact) mass is 2020 g/mol. The van der Waals surface area contributed by atoms with Crippen LogP contribution < -0.4 is 16.8 Å². The number of carbonyl (C=O) groups excluding carboxylic acids is 5. The van der Waals surface area contributed by atoms with Crippen molar-refractivity contribution in [3.8, 4) is 22.5 Å². The summed E-state index contributed by atoms with van der Waals surface area (Å²) >= 11 is 8.39. The van der Waals surface area contributed by atoms with Crippen LogP contribution in [0.3, 0.4) is 0 Å². The molecule has 8 atom stereocenters. The van der Waals surface area contributed by atoms with Gasteiger partial charge in [-0.1, -0.05) is 114 Å². The van der Waals surface area contributed by atoms with E-state index in [2.05, 4.69) is 66.6 Å². The van der Waals surface area contributed by atoms with Gasteiger partial charge in [-0.05, 0) is 266 Å². The molecule has 8 unspecified atom stereocenters. The number of ketones is 3. The third-order valence-corrected chi connectivity index (χ3v) is 239. The quantitative estimate of drug-likeness (QED) is 0.0616. The average molecular weight is 2020 g/mol. The molecule has 20 nitrogen and oxygen atoms in total. The van der Waals surface area contributed by atoms with E-state index in [1.807, 2.05) is 82.3 Å². The molecule has 3 spiro atoms. The first-order valence-electron chi connectivity index (χ1n) is 36.5. The molecule has 3 fully saturated rings. The van der Waals surface area contributed by atoms with E-state index in [-0.39, 0.29) is 43.6 Å². The van der Waals surface area contributed by atoms with E-state index < -0.39 is 62.3 Å². The van der Waals surface area contributed by atoms with Gasteiger partial charge in [0.05, 0.1) is 54.3 Å². The van der Waals surface area contributed by atoms with Gasteiger partial charge in [0.15, 0.2) is 23.0 Å². The van der Waals surface area contributed by atoms with E-state index in [0.717, 1.165) is 247 Å². The van der Waals surface area contributed by atoms with Gasteiger partial charge in [-0.25, -0.2) is 32.5 Å². The van der Waals surface area contributed by atoms with Gasteiger partial charge in [0.2, 0.25) is 34.2 Å². The molecule has 3 aliphatic carbocycles. The average Bonchev–Trinajstić information content (AvgIpc) is 1.41. The van der Waals surface area contributed by atoms with Crippen molar-refractivity contribution in [1.82, 2.24) is 29.9 Å². The van der Waals surface area contributed by atoms with E-state index in [0.29, 0.717) is 58.6 Å². The van der Waals surface area contributed by atoms with Gasteiger partial charge in [0.25, 0.3) is 11.1 Å². The molecule has 5 N–H and O–H groups in total. The number of Topliss-reactive ketones (excluding diaryl/α,β-unsaturated/α-hetero) is 3. The third-order valence-electron chi connectivity index (χ3n) is 20.8. The number of carbonyl (C=O) groups is 5. The van der Waals surface area contributed by atoms with E-state index in [4.69, 9.17) is 37.6 Å². The van der Waals surface area contributed by atoms with Crippen LogP contribution in [0.4, 0.5) is 35.0 Å². The molecule has 5 aromatic carbocycles. The molecule has 43 heteroatoms. The van der Waals surface area contributed by atoms with Crippen molar-refractivity contribution in [3.05, 3.63) is 206 Å². The molecule has 598 valence electrons. The van der Waals surface area contributed by atoms with Crippen LogP contribution in [0.15, 0.2) is 148 Å². The number of hydrogen-bond donors (Lipinski definition) is 3. The number of halogens is 6. The molecule has 16 aromatic rings. The smallest absolute Gasteiger partial charge is 0.262 e. The second kappa shape index (κ2) is 34.4. The molecule has 115 heavy (non-hydrogen) atoms. The first-order valence-corrected chi connectivity index (χ1v) is 75.2. The fourth-order valence-electron chi connectivity index (χ4n) is 14.0. The maximum absolute atomic E-state index is 13.9. The minimum Gasteiger partial charge on any atom is -0.382 e. The first kappa shape index (κ1) is 84.1. The molecule has 3 aliphatic heterocycles. The Kier molecular flexibility index (Phi) is 25.1. The number of nitrogen functional groups attached to an aromatic ring is 2. The van der Waals surface area contributed by atoms with Crippen LogP contribution in [0, 0.1) is 51.0 Å². The zero-order valence-corrected chi connectivity index (χ0v) is 79.9. The number of amides is 1. The van der Waals surface area contributed by atoms with E-state index in [9.17, 15) is 41.5 Å². The van der Waals surface area contributed by atoms with Crippen molar-refractivity contribution in [3.63, 3.8) is 0 Å². The summed E-state index contributed by atoms with van der Waals surface area (Å²) in [6.45, 7) is 14.1. The number of fused-ring (bicyclic) bond motifs is 4. The van der Waals surface area contributed by atoms with Crippen LogP contribution in [-0.2, 0) is 49.3 Å². The summed E-state index contributed by atoms with van der Waals surface area (Å²) in [5.41, 5.74) is 17.5. The topological polar surface area (TPSA) is 292 Å². The Balaban J connectivity index is 0.000000109. The molecule has 3 saturated carbocycles. The number of nitrogens with zero attached hydrogens (tertiary/aromatic N) is 9. The molecular formula is C72H70BrClF4N12O8P16Pd. The Morgan fingerprint density at radius 2 is 0.826 bits per heavy atom. The van der Waals surface area contributed by atoms with Crippen molar-refractivity contribution in [2.24, 2.45) is 15.5 Å². The standard InChI is InChI=1S/C26H22F2N4O3.C19H20N4O2.C15H16BrNO2.C7H3ClF2O.C5H7N3.H2P16.Pd/c1-15-8-9-16(23-24(33)26(35-32-23)10-3-2-4-11-26)12-17(15)20-13-30-21(14-29-20)31-25(34)22-18(27)6-5-7-19(22)28;1-12-5-6-13(9-14(12)15-10-22-16(20)11-21-15)17-18(24)19(25-23-17)7-3-2-4-8-19;1-10-5-6-11(9-12(10)16)13-14(18)15(19-17-13)7-3-2-4-8-15;8-7(11)6-4(9)2-1-3-5(6)10;1-4-2-8-5(6)3-7-4;1-3-4(1)7(3)9-11-12(9)15(11)16-13-10(14(13)16)8-5-2-6(5)8;/h5-9,12-14H,2-4,10-11H2,1H3,(H,30,31,34);5-6,9-11H,2-4,7-8H2,1H3,(H2,20,22);5-6,9H,2-4,7-8H2,1H3;1-3H;2-3H,1H3,(H2,6,8);1-2H;. The normalized spacial score (nSPS) is 18.9. The number of aryl methyl sites for hydroxylation is 4. The molecule has 14 heterocycles. The summed E-state index contributed by atoms with van der Waals surface area (Å²) in [5, 5.41) is 13.6. The maximum Gasteiger partial charge on any atom is 0.262 e. The molecule has 0 saturated heterocycles. The molecule has 1 amide bonds. The van der Waals surface area contributed by atoms with Crippen LogP contribution in [0.2, 0.25) is 0 Å². The molecular weight excluding hydrogens is 1950 g/mol. The summed E-state index contributed by atoms with van der Waals surface area (Å²) < 4.78 is 53.8. The zero-order valence-electron chi connectivity index (χ0n) is 61.5. The van der Waals surface area contributed by atoms with Crippen LogP contribution >= 0.6 is 133 Å². The Bertz CT molecular complexity index is 6090. The van der Waals surface area contributed by atoms with Gasteiger partial charge in [0.1, 0.15) is 46.0 Å². The first-order chi connectivity index (χ1) is 55.0. The number of hydrogen-bond acceptors (Lipinski definition) is 19. The summed E-state index contributed by atoms with van der Waals surface area (Å²) in [7, 11) is 3.33. The minimum atomic E-state index is -1.12. The van der Waals surface area contributed by atoms with Crippen molar-refractivity contribution in [2.45, 2.75) is 141 Å². The Hall–Kier alpha value is -4.55. The number of oxime groups is 3. The van der Waals surface area contributed by atoms with Crippen molar-refractivity contribution in [2.75, 3.05) is 16.8 Å². The van der Waals surface area contributed by atoms with Crippen LogP contribution in [0.25, 0.3) is 22.5 Å². The third kappa shape index (κ3) is 17.3. The van der Waals surface area contributed by atoms with E-state index in [1.54, 1.807) is 27.5 Å². The summed E-state index contributed by atoms with van der Waals surface area (Å²) in [5.74, 6) is -3.92. The largest absolute Gasteiger partial charge is 0.382 e. The summed E-state index contributed by atoms with van der Waals surface area (Å²) in [4.78, 5) is 103. The Morgan fingerprint density at radius 1 is 0.461 bits per heavy atom. The summed E-state index contributed by atoms with van der Waals surface area (Å²) in [6, 6.07) is 23.5. The molecule has 11 aromatic heterocycles. The molecule has 22 rings (SSSR count). The van der Waals surface area contributed by atoms with Crippen LogP contribution in [0.5, 0.6) is 0 Å². The number of benzene rings is 5. The Labute approximate surface area is 698 Å². The fraction of sp³-hybridized carbons (Fsp3) is 0.306. The number of nitrogens with two attached hydrogens (primary N) is 2. The van der Waals surface area contributed by atoms with Crippen LogP contribution in [0.1, 0.15) is 156 Å². The number of anilines is 3. The van der Waals surface area contributed by atoms with Gasteiger partial charge in [0, 0.05) is 52.7 Å². The van der Waals surface area contributed by atoms with Gasteiger partial charge < -0.3 is 31.3 Å².